The number of nitrogens with zero attached hydrogens (tertiary/aromatic N) is 1. The summed E-state index contributed by atoms with van der Waals surface area (Å²) in [5, 5.41) is 0. The lowest BCUT2D eigenvalue weighted by atomic mass is 9.89. The zero-order valence-corrected chi connectivity index (χ0v) is 16.0. The zero-order valence-electron chi connectivity index (χ0n) is 14.4. The topological polar surface area (TPSA) is 46.6 Å². The highest BCUT2D eigenvalue weighted by Gasteiger charge is 2.36. The molecule has 1 atom stereocenters. The highest BCUT2D eigenvalue weighted by molar-refractivity contribution is 7.17. The third-order valence-corrected chi connectivity index (χ3v) is 5.37. The lowest BCUT2D eigenvalue weighted by Crippen LogP contribution is -2.43. The first kappa shape index (κ1) is 18.0. The SMILES string of the molecule is CC(C)(C)OC(=O)N1CCc2ccccc2C1c1cc(C=O)sc1Cl. The molecule has 1 amide bonds. The van der Waals surface area contributed by atoms with Gasteiger partial charge >= 0.3 is 6.09 Å². The van der Waals surface area contributed by atoms with E-state index in [0.29, 0.717) is 15.8 Å². The van der Waals surface area contributed by atoms with Gasteiger partial charge in [-0.3, -0.25) is 9.69 Å². The van der Waals surface area contributed by atoms with Crippen molar-refractivity contribution in [2.45, 2.75) is 38.8 Å². The van der Waals surface area contributed by atoms with Crippen molar-refractivity contribution in [3.63, 3.8) is 0 Å². The lowest BCUT2D eigenvalue weighted by Gasteiger charge is -2.38. The van der Waals surface area contributed by atoms with Gasteiger partial charge in [0, 0.05) is 12.1 Å². The third-order valence-electron chi connectivity index (χ3n) is 4.05. The van der Waals surface area contributed by atoms with Crippen LogP contribution in [0.5, 0.6) is 0 Å². The highest BCUT2D eigenvalue weighted by atomic mass is 35.5. The molecular weight excluding hydrogens is 358 g/mol. The monoisotopic (exact) mass is 377 g/mol. The molecule has 2 heterocycles. The number of carbonyl (C=O) groups is 2. The normalized spacial score (nSPS) is 17.1. The van der Waals surface area contributed by atoms with Crippen molar-refractivity contribution in [1.29, 1.82) is 0 Å². The molecule has 1 aromatic carbocycles. The van der Waals surface area contributed by atoms with E-state index in [1.807, 2.05) is 39.0 Å². The van der Waals surface area contributed by atoms with Gasteiger partial charge in [-0.1, -0.05) is 35.9 Å². The van der Waals surface area contributed by atoms with Crippen molar-refractivity contribution in [2.24, 2.45) is 0 Å². The van der Waals surface area contributed by atoms with Gasteiger partial charge < -0.3 is 4.74 Å². The molecule has 0 saturated heterocycles. The summed E-state index contributed by atoms with van der Waals surface area (Å²) in [6.07, 6.45) is 1.17. The summed E-state index contributed by atoms with van der Waals surface area (Å²) in [5.41, 5.74) is 2.40. The van der Waals surface area contributed by atoms with Crippen molar-refractivity contribution in [3.05, 3.63) is 56.2 Å². The van der Waals surface area contributed by atoms with Crippen LogP contribution >= 0.6 is 22.9 Å². The van der Waals surface area contributed by atoms with Crippen LogP contribution in [0, 0.1) is 0 Å². The zero-order chi connectivity index (χ0) is 18.2. The van der Waals surface area contributed by atoms with E-state index < -0.39 is 5.60 Å². The minimum absolute atomic E-state index is 0.350. The Morgan fingerprint density at radius 2 is 2.04 bits per heavy atom. The summed E-state index contributed by atoms with van der Waals surface area (Å²) in [4.78, 5) is 26.2. The molecule has 1 unspecified atom stereocenters. The van der Waals surface area contributed by atoms with E-state index in [9.17, 15) is 9.59 Å². The molecule has 0 saturated carbocycles. The smallest absolute Gasteiger partial charge is 0.411 e. The van der Waals surface area contributed by atoms with E-state index in [1.165, 1.54) is 16.9 Å². The first-order valence-corrected chi connectivity index (χ1v) is 9.31. The van der Waals surface area contributed by atoms with E-state index in [2.05, 4.69) is 6.07 Å². The standard InChI is InChI=1S/C19H20ClNO3S/c1-19(2,3)24-18(23)21-9-8-12-6-4-5-7-14(12)16(21)15-10-13(11-22)25-17(15)20/h4-7,10-11,16H,8-9H2,1-3H3. The van der Waals surface area contributed by atoms with E-state index >= 15 is 0 Å². The molecule has 2 aromatic rings. The first-order chi connectivity index (χ1) is 11.8. The van der Waals surface area contributed by atoms with Gasteiger partial charge in [0.15, 0.2) is 6.29 Å². The van der Waals surface area contributed by atoms with Gasteiger partial charge in [0.05, 0.1) is 15.3 Å². The van der Waals surface area contributed by atoms with Crippen molar-refractivity contribution in [2.75, 3.05) is 6.54 Å². The summed E-state index contributed by atoms with van der Waals surface area (Å²) in [6, 6.07) is 9.43. The maximum absolute atomic E-state index is 12.8. The Labute approximate surface area is 156 Å². The Balaban J connectivity index is 2.07. The molecule has 0 spiro atoms. The number of amides is 1. The van der Waals surface area contributed by atoms with Gasteiger partial charge in [-0.25, -0.2) is 4.79 Å². The maximum Gasteiger partial charge on any atom is 0.411 e. The van der Waals surface area contributed by atoms with Crippen LogP contribution in [0.15, 0.2) is 30.3 Å². The van der Waals surface area contributed by atoms with E-state index in [-0.39, 0.29) is 12.1 Å². The van der Waals surface area contributed by atoms with Crippen molar-refractivity contribution in [1.82, 2.24) is 4.90 Å². The van der Waals surface area contributed by atoms with Crippen molar-refractivity contribution < 1.29 is 14.3 Å². The molecule has 1 aromatic heterocycles. The Morgan fingerprint density at radius 1 is 1.32 bits per heavy atom. The molecule has 25 heavy (non-hydrogen) atoms. The second-order valence-corrected chi connectivity index (χ2v) is 8.71. The van der Waals surface area contributed by atoms with Crippen LogP contribution in [-0.2, 0) is 11.2 Å². The van der Waals surface area contributed by atoms with Gasteiger partial charge in [0.25, 0.3) is 0 Å². The van der Waals surface area contributed by atoms with Crippen LogP contribution in [0.1, 0.15) is 53.2 Å². The number of benzene rings is 1. The van der Waals surface area contributed by atoms with Gasteiger partial charge in [-0.15, -0.1) is 11.3 Å². The molecule has 0 aliphatic carbocycles. The van der Waals surface area contributed by atoms with Crippen molar-refractivity contribution in [3.8, 4) is 0 Å². The van der Waals surface area contributed by atoms with Crippen LogP contribution in [-0.4, -0.2) is 29.4 Å². The molecule has 0 fully saturated rings. The predicted molar refractivity (Wildman–Crippen MR) is 99.6 cm³/mol. The molecule has 0 N–H and O–H groups in total. The van der Waals surface area contributed by atoms with Gasteiger partial charge in [-0.05, 0) is 44.4 Å². The Bertz CT molecular complexity index is 809. The van der Waals surface area contributed by atoms with Crippen LogP contribution in [0.3, 0.4) is 0 Å². The second kappa shape index (κ2) is 6.81. The molecule has 0 bridgehead atoms. The molecule has 1 aliphatic rings. The number of rotatable bonds is 2. The Morgan fingerprint density at radius 3 is 2.68 bits per heavy atom. The van der Waals surface area contributed by atoms with Gasteiger partial charge in [-0.2, -0.15) is 0 Å². The fourth-order valence-corrected chi connectivity index (χ4v) is 4.22. The number of carbonyl (C=O) groups excluding carboxylic acids is 2. The third kappa shape index (κ3) is 3.72. The summed E-state index contributed by atoms with van der Waals surface area (Å²) < 4.78 is 6.12. The Hall–Kier alpha value is -1.85. The lowest BCUT2D eigenvalue weighted by molar-refractivity contribution is 0.0178. The first-order valence-electron chi connectivity index (χ1n) is 8.12. The fraction of sp³-hybridized carbons (Fsp3) is 0.368. The molecular formula is C19H20ClNO3S. The molecule has 0 radical (unpaired) electrons. The van der Waals surface area contributed by atoms with Gasteiger partial charge in [0.1, 0.15) is 5.60 Å². The number of hydrogen-bond donors (Lipinski definition) is 0. The quantitative estimate of drug-likeness (QED) is 0.684. The van der Waals surface area contributed by atoms with E-state index in [1.54, 1.807) is 11.0 Å². The fourth-order valence-electron chi connectivity index (χ4n) is 3.07. The predicted octanol–water partition coefficient (Wildman–Crippen LogP) is 5.10. The van der Waals surface area contributed by atoms with Crippen LogP contribution < -0.4 is 0 Å². The number of hydrogen-bond acceptors (Lipinski definition) is 4. The number of thiophene rings is 1. The number of fused-ring (bicyclic) bond motifs is 1. The summed E-state index contributed by atoms with van der Waals surface area (Å²) in [5.74, 6) is 0. The Kier molecular flexibility index (Phi) is 4.89. The van der Waals surface area contributed by atoms with Crippen LogP contribution in [0.2, 0.25) is 4.34 Å². The van der Waals surface area contributed by atoms with Crippen LogP contribution in [0.25, 0.3) is 0 Å². The van der Waals surface area contributed by atoms with Crippen molar-refractivity contribution >= 4 is 35.3 Å². The molecule has 3 rings (SSSR count). The summed E-state index contributed by atoms with van der Waals surface area (Å²) in [6.45, 7) is 6.08. The average Bonchev–Trinajstić information content (AvgIpc) is 2.93. The molecule has 4 nitrogen and oxygen atoms in total. The maximum atomic E-state index is 12.8. The molecule has 6 heteroatoms. The number of aldehydes is 1. The van der Waals surface area contributed by atoms with Gasteiger partial charge in [0.2, 0.25) is 0 Å². The highest BCUT2D eigenvalue weighted by Crippen LogP contribution is 2.41. The largest absolute Gasteiger partial charge is 0.444 e. The molecule has 132 valence electrons. The second-order valence-electron chi connectivity index (χ2n) is 7.02. The molecule has 1 aliphatic heterocycles. The van der Waals surface area contributed by atoms with Crippen LogP contribution in [0.4, 0.5) is 4.79 Å². The average molecular weight is 378 g/mol. The summed E-state index contributed by atoms with van der Waals surface area (Å²) >= 11 is 7.64. The number of halogens is 1. The van der Waals surface area contributed by atoms with E-state index in [4.69, 9.17) is 16.3 Å². The minimum Gasteiger partial charge on any atom is -0.444 e. The summed E-state index contributed by atoms with van der Waals surface area (Å²) in [7, 11) is 0. The minimum atomic E-state index is -0.578. The number of ether oxygens (including phenoxy) is 1. The van der Waals surface area contributed by atoms with E-state index in [0.717, 1.165) is 23.8 Å².